The molecule has 19 heavy (non-hydrogen) atoms. The molecule has 0 aromatic carbocycles. The van der Waals surface area contributed by atoms with Crippen LogP contribution in [0.25, 0.3) is 0 Å². The van der Waals surface area contributed by atoms with Gasteiger partial charge in [0.2, 0.25) is 0 Å². The van der Waals surface area contributed by atoms with Gasteiger partial charge in [0.25, 0.3) is 0 Å². The highest BCUT2D eigenvalue weighted by Gasteiger charge is 2.40. The Balaban J connectivity index is 1.98. The van der Waals surface area contributed by atoms with Gasteiger partial charge in [-0.25, -0.2) is 0 Å². The molecule has 1 saturated carbocycles. The van der Waals surface area contributed by atoms with E-state index in [2.05, 4.69) is 36.0 Å². The highest BCUT2D eigenvalue weighted by molar-refractivity contribution is 5.05. The summed E-state index contributed by atoms with van der Waals surface area (Å²) in [4.78, 5) is 6.90. The van der Waals surface area contributed by atoms with Crippen molar-refractivity contribution in [2.24, 2.45) is 11.7 Å². The molecule has 3 heteroatoms. The van der Waals surface area contributed by atoms with E-state index in [1.165, 1.54) is 31.4 Å². The number of nitrogens with zero attached hydrogens (tertiary/aromatic N) is 2. The third-order valence-electron chi connectivity index (χ3n) is 4.96. The van der Waals surface area contributed by atoms with E-state index >= 15 is 0 Å². The molecule has 0 bridgehead atoms. The van der Waals surface area contributed by atoms with Gasteiger partial charge in [-0.2, -0.15) is 0 Å². The monoisotopic (exact) mass is 261 g/mol. The topological polar surface area (TPSA) is 42.1 Å². The summed E-state index contributed by atoms with van der Waals surface area (Å²) in [7, 11) is 2.23. The molecular formula is C16H27N3. The van der Waals surface area contributed by atoms with Crippen LogP contribution >= 0.6 is 0 Å². The maximum Gasteiger partial charge on any atom is 0.0416 e. The number of hydrogen-bond donors (Lipinski definition) is 1. The summed E-state index contributed by atoms with van der Waals surface area (Å²) in [6, 6.07) is 6.13. The van der Waals surface area contributed by atoms with Crippen molar-refractivity contribution in [2.75, 3.05) is 20.1 Å². The zero-order valence-electron chi connectivity index (χ0n) is 12.3. The first-order valence-electron chi connectivity index (χ1n) is 7.50. The van der Waals surface area contributed by atoms with Crippen molar-refractivity contribution >= 4 is 0 Å². The van der Waals surface area contributed by atoms with Gasteiger partial charge in [-0.1, -0.05) is 25.8 Å². The second-order valence-electron chi connectivity index (χ2n) is 5.95. The molecule has 3 nitrogen and oxygen atoms in total. The van der Waals surface area contributed by atoms with E-state index in [0.717, 1.165) is 19.5 Å². The van der Waals surface area contributed by atoms with E-state index in [4.69, 9.17) is 5.73 Å². The molecule has 1 aliphatic rings. The van der Waals surface area contributed by atoms with Crippen LogP contribution in [0, 0.1) is 5.92 Å². The second kappa shape index (κ2) is 6.49. The molecule has 0 radical (unpaired) electrons. The van der Waals surface area contributed by atoms with Crippen LogP contribution < -0.4 is 5.73 Å². The van der Waals surface area contributed by atoms with E-state index in [9.17, 15) is 0 Å². The van der Waals surface area contributed by atoms with Crippen molar-refractivity contribution in [3.05, 3.63) is 30.1 Å². The zero-order valence-corrected chi connectivity index (χ0v) is 12.3. The van der Waals surface area contributed by atoms with Gasteiger partial charge in [0.05, 0.1) is 0 Å². The Bertz CT molecular complexity index is 379. The van der Waals surface area contributed by atoms with E-state index in [1.807, 2.05) is 12.3 Å². The largest absolute Gasteiger partial charge is 0.329 e. The molecule has 0 aliphatic heterocycles. The summed E-state index contributed by atoms with van der Waals surface area (Å²) in [6.45, 7) is 4.18. The van der Waals surface area contributed by atoms with Gasteiger partial charge in [-0.05, 0) is 37.9 Å². The van der Waals surface area contributed by atoms with E-state index < -0.39 is 0 Å². The lowest BCUT2D eigenvalue weighted by Gasteiger charge is -2.48. The number of hydrogen-bond acceptors (Lipinski definition) is 3. The first-order chi connectivity index (χ1) is 9.19. The highest BCUT2D eigenvalue weighted by atomic mass is 15.2. The highest BCUT2D eigenvalue weighted by Crippen LogP contribution is 2.37. The molecule has 1 heterocycles. The lowest BCUT2D eigenvalue weighted by atomic mass is 9.72. The van der Waals surface area contributed by atoms with Crippen LogP contribution in [0.2, 0.25) is 0 Å². The number of rotatable bonds is 5. The predicted molar refractivity (Wildman–Crippen MR) is 80.0 cm³/mol. The van der Waals surface area contributed by atoms with Gasteiger partial charge < -0.3 is 5.73 Å². The quantitative estimate of drug-likeness (QED) is 0.885. The van der Waals surface area contributed by atoms with E-state index in [1.54, 1.807) is 0 Å². The average molecular weight is 261 g/mol. The van der Waals surface area contributed by atoms with Crippen LogP contribution in [0.3, 0.4) is 0 Å². The average Bonchev–Trinajstić information content (AvgIpc) is 2.46. The van der Waals surface area contributed by atoms with Crippen molar-refractivity contribution in [3.8, 4) is 0 Å². The van der Waals surface area contributed by atoms with Crippen LogP contribution in [-0.4, -0.2) is 35.6 Å². The van der Waals surface area contributed by atoms with Crippen molar-refractivity contribution < 1.29 is 0 Å². The zero-order chi connectivity index (χ0) is 13.7. The molecule has 2 N–H and O–H groups in total. The molecule has 2 atom stereocenters. The minimum Gasteiger partial charge on any atom is -0.329 e. The summed E-state index contributed by atoms with van der Waals surface area (Å²) >= 11 is 0. The molecular weight excluding hydrogens is 234 g/mol. The van der Waals surface area contributed by atoms with Crippen LogP contribution in [0.15, 0.2) is 24.4 Å². The van der Waals surface area contributed by atoms with Crippen molar-refractivity contribution in [1.29, 1.82) is 0 Å². The third-order valence-corrected chi connectivity index (χ3v) is 4.96. The van der Waals surface area contributed by atoms with Crippen molar-refractivity contribution in [3.63, 3.8) is 0 Å². The maximum atomic E-state index is 6.14. The fraction of sp³-hybridized carbons (Fsp3) is 0.688. The van der Waals surface area contributed by atoms with Gasteiger partial charge in [0.1, 0.15) is 0 Å². The molecule has 2 unspecified atom stereocenters. The summed E-state index contributed by atoms with van der Waals surface area (Å²) in [5.41, 5.74) is 7.51. The molecule has 1 aromatic rings. The number of pyridine rings is 1. The molecule has 1 aliphatic carbocycles. The van der Waals surface area contributed by atoms with Gasteiger partial charge in [0.15, 0.2) is 0 Å². The number of nitrogens with two attached hydrogens (primary N) is 1. The summed E-state index contributed by atoms with van der Waals surface area (Å²) < 4.78 is 0. The van der Waals surface area contributed by atoms with Crippen molar-refractivity contribution in [1.82, 2.24) is 9.88 Å². The Morgan fingerprint density at radius 3 is 2.89 bits per heavy atom. The van der Waals surface area contributed by atoms with Crippen LogP contribution in [0.4, 0.5) is 0 Å². The number of aromatic nitrogens is 1. The van der Waals surface area contributed by atoms with Gasteiger partial charge in [-0.3, -0.25) is 9.88 Å². The van der Waals surface area contributed by atoms with Crippen LogP contribution in [-0.2, 0) is 6.42 Å². The SMILES string of the molecule is CC1CCCCC1(CN)N(C)CCc1ccccn1. The number of likely N-dealkylation sites (N-methyl/N-ethyl adjacent to an activating group) is 1. The van der Waals surface area contributed by atoms with Crippen LogP contribution in [0.5, 0.6) is 0 Å². The Labute approximate surface area is 117 Å². The van der Waals surface area contributed by atoms with Gasteiger partial charge in [-0.15, -0.1) is 0 Å². The first-order valence-corrected chi connectivity index (χ1v) is 7.50. The van der Waals surface area contributed by atoms with Crippen LogP contribution in [0.1, 0.15) is 38.3 Å². The lowest BCUT2D eigenvalue weighted by Crippen LogP contribution is -2.58. The normalized spacial score (nSPS) is 27.7. The fourth-order valence-corrected chi connectivity index (χ4v) is 3.47. The molecule has 106 valence electrons. The molecule has 0 amide bonds. The Morgan fingerprint density at radius 1 is 1.42 bits per heavy atom. The minimum atomic E-state index is 0.201. The summed E-state index contributed by atoms with van der Waals surface area (Å²) in [5, 5.41) is 0. The smallest absolute Gasteiger partial charge is 0.0416 e. The minimum absolute atomic E-state index is 0.201. The molecule has 0 spiro atoms. The van der Waals surface area contributed by atoms with E-state index in [-0.39, 0.29) is 5.54 Å². The molecule has 2 rings (SSSR count). The summed E-state index contributed by atoms with van der Waals surface area (Å²) in [5.74, 6) is 0.694. The van der Waals surface area contributed by atoms with Crippen molar-refractivity contribution in [2.45, 2.75) is 44.6 Å². The molecule has 1 fully saturated rings. The Hall–Kier alpha value is -0.930. The first kappa shape index (κ1) is 14.5. The second-order valence-corrected chi connectivity index (χ2v) is 5.95. The Morgan fingerprint density at radius 2 is 2.26 bits per heavy atom. The predicted octanol–water partition coefficient (Wildman–Crippen LogP) is 2.46. The van der Waals surface area contributed by atoms with E-state index in [0.29, 0.717) is 5.92 Å². The summed E-state index contributed by atoms with van der Waals surface area (Å²) in [6.07, 6.45) is 8.10. The standard InChI is InChI=1S/C16H27N3/c1-14-7-3-5-10-16(14,13-17)19(2)12-9-15-8-4-6-11-18-15/h4,6,8,11,14H,3,5,7,9-10,12-13,17H2,1-2H3. The van der Waals surface area contributed by atoms with Gasteiger partial charge >= 0.3 is 0 Å². The maximum absolute atomic E-state index is 6.14. The lowest BCUT2D eigenvalue weighted by molar-refractivity contribution is 0.0345. The Kier molecular flexibility index (Phi) is 4.94. The third kappa shape index (κ3) is 3.15. The van der Waals surface area contributed by atoms with Gasteiger partial charge in [0, 0.05) is 36.9 Å². The fourth-order valence-electron chi connectivity index (χ4n) is 3.47. The molecule has 1 aromatic heterocycles. The molecule has 0 saturated heterocycles.